The van der Waals surface area contributed by atoms with Gasteiger partial charge in [-0.15, -0.1) is 0 Å². The first-order chi connectivity index (χ1) is 49.2. The molecule has 0 unspecified atom stereocenters. The van der Waals surface area contributed by atoms with E-state index >= 15 is 0 Å². The lowest BCUT2D eigenvalue weighted by Crippen LogP contribution is -2.35. The van der Waals surface area contributed by atoms with Gasteiger partial charge in [-0.1, -0.05) is 0 Å². The number of carboxylic acid groups (broad SMARTS) is 3. The minimum atomic E-state index is -1.44. The molecule has 3 saturated carbocycles. The first-order valence-corrected chi connectivity index (χ1v) is 31.1. The number of rotatable bonds is 18. The lowest BCUT2D eigenvalue weighted by molar-refractivity contribution is -0.157. The Hall–Kier alpha value is -13.4. The van der Waals surface area contributed by atoms with Crippen molar-refractivity contribution in [3.63, 3.8) is 0 Å². The number of aryl methyl sites for hydroxylation is 3. The zero-order valence-corrected chi connectivity index (χ0v) is 54.8. The maximum Gasteiger partial charge on any atom is 0.321 e. The number of nitrogen functional groups attached to an aromatic ring is 2. The number of nitrogens with two attached hydrogens (primary N) is 2. The molecular formula is C72H63F5N14O12. The summed E-state index contributed by atoms with van der Waals surface area (Å²) in [5.41, 5.74) is 12.0. The number of aliphatic carboxylic acids is 3. The average Bonchev–Trinajstić information content (AvgIpc) is 1.62. The van der Waals surface area contributed by atoms with Crippen molar-refractivity contribution in [3.05, 3.63) is 224 Å². The van der Waals surface area contributed by atoms with Gasteiger partial charge in [-0.05, 0) is 142 Å². The Morgan fingerprint density at radius 1 is 0.408 bits per heavy atom. The summed E-state index contributed by atoms with van der Waals surface area (Å²) in [5.74, 6) is -5.79. The Labute approximate surface area is 582 Å². The van der Waals surface area contributed by atoms with Crippen molar-refractivity contribution in [3.8, 4) is 68.3 Å². The molecule has 528 valence electrons. The van der Waals surface area contributed by atoms with Crippen LogP contribution in [0.1, 0.15) is 38.5 Å². The summed E-state index contributed by atoms with van der Waals surface area (Å²) >= 11 is 0. The van der Waals surface area contributed by atoms with Gasteiger partial charge in [0.05, 0.1) is 52.7 Å². The molecule has 31 heteroatoms. The number of carbonyl (C=O) groups excluding carboxylic acids is 3. The standard InChI is InChI=1S/C26H21F2N5O3.C20H17FN4O4.C15H13FN4O.C6H6FN.C5H6O4/c1-33-15-16(14-30-33)23-13-20(8-11-29-23)36-19-6-7-22(21(28)12-19)32-25(35)26(9-10-26)24(34)31-18-4-2-17(27)3-5-18;1-25-11-12(10-23-25)17-9-14(4-7-22-17)29-13-2-3-16(15(21)8-13)24-18(26)20(5-6-20)19(27)28;1-20-9-10(8-19-20)15-7-12(4-5-18-15)21-11-2-3-14(17)13(16)6-11;7-5-1-3-6(8)4-2-5;6-3(7)5(1-2-5)4(8)9/h2-8,11-15H,9-10H2,1H3,(H,31,34)(H,32,35);2-4,7-11H,5-6H2,1H3,(H,24,26)(H,27,28);2-9H,17H2,1H3;1-4H,8H2;1-2H2,(H,6,7)(H,8,9). The third kappa shape index (κ3) is 18.5. The number of hydrogen-bond acceptors (Lipinski definition) is 17. The molecule has 0 atom stereocenters. The highest BCUT2D eigenvalue weighted by Crippen LogP contribution is 2.49. The zero-order chi connectivity index (χ0) is 73.8. The van der Waals surface area contributed by atoms with Crippen LogP contribution in [-0.4, -0.2) is 95.2 Å². The molecule has 11 aromatic rings. The molecule has 6 aromatic heterocycles. The van der Waals surface area contributed by atoms with Gasteiger partial charge >= 0.3 is 17.9 Å². The van der Waals surface area contributed by atoms with Crippen molar-refractivity contribution in [2.75, 3.05) is 27.4 Å². The minimum absolute atomic E-state index is 0.0704. The molecule has 5 aromatic carbocycles. The number of benzene rings is 5. The van der Waals surface area contributed by atoms with Gasteiger partial charge in [0.2, 0.25) is 17.7 Å². The number of aromatic nitrogens is 9. The summed E-state index contributed by atoms with van der Waals surface area (Å²) in [4.78, 5) is 82.0. The fourth-order valence-corrected chi connectivity index (χ4v) is 9.58. The quantitative estimate of drug-likeness (QED) is 0.0225. The lowest BCUT2D eigenvalue weighted by Gasteiger charge is -2.16. The van der Waals surface area contributed by atoms with Crippen molar-refractivity contribution in [1.82, 2.24) is 44.3 Å². The fraction of sp³-hybridized carbons (Fsp3) is 0.167. The smallest absolute Gasteiger partial charge is 0.321 e. The van der Waals surface area contributed by atoms with Crippen LogP contribution in [0, 0.1) is 45.3 Å². The van der Waals surface area contributed by atoms with Crippen LogP contribution in [0.3, 0.4) is 0 Å². The Kier molecular flexibility index (Phi) is 22.0. The molecule has 0 radical (unpaired) electrons. The van der Waals surface area contributed by atoms with Crippen LogP contribution in [0.2, 0.25) is 0 Å². The van der Waals surface area contributed by atoms with Crippen LogP contribution < -0.4 is 41.6 Å². The van der Waals surface area contributed by atoms with E-state index in [0.717, 1.165) is 34.5 Å². The van der Waals surface area contributed by atoms with Gasteiger partial charge in [0, 0.05) is 123 Å². The highest BCUT2D eigenvalue weighted by Gasteiger charge is 2.59. The number of ether oxygens (including phenoxy) is 3. The van der Waals surface area contributed by atoms with Crippen LogP contribution in [0.4, 0.5) is 50.4 Å². The molecule has 0 bridgehead atoms. The third-order valence-corrected chi connectivity index (χ3v) is 16.0. The van der Waals surface area contributed by atoms with Crippen LogP contribution >= 0.6 is 0 Å². The highest BCUT2D eigenvalue weighted by atomic mass is 19.1. The van der Waals surface area contributed by atoms with Crippen molar-refractivity contribution in [1.29, 1.82) is 0 Å². The highest BCUT2D eigenvalue weighted by molar-refractivity contribution is 6.17. The van der Waals surface area contributed by atoms with Crippen LogP contribution in [0.5, 0.6) is 34.5 Å². The van der Waals surface area contributed by atoms with E-state index in [9.17, 15) is 50.7 Å². The van der Waals surface area contributed by atoms with Crippen molar-refractivity contribution in [2.24, 2.45) is 37.4 Å². The zero-order valence-electron chi connectivity index (χ0n) is 54.8. The normalized spacial score (nSPS) is 13.5. The van der Waals surface area contributed by atoms with E-state index in [-0.39, 0.29) is 60.1 Å². The molecule has 10 N–H and O–H groups in total. The van der Waals surface area contributed by atoms with Gasteiger partial charge in [-0.2, -0.15) is 15.3 Å². The summed E-state index contributed by atoms with van der Waals surface area (Å²) in [6.07, 6.45) is 17.0. The summed E-state index contributed by atoms with van der Waals surface area (Å²) < 4.78 is 89.8. The summed E-state index contributed by atoms with van der Waals surface area (Å²) in [6, 6.07) is 33.4. The maximum absolute atomic E-state index is 14.8. The van der Waals surface area contributed by atoms with Crippen LogP contribution in [-0.2, 0) is 49.9 Å². The maximum atomic E-state index is 14.8. The number of carboxylic acids is 3. The summed E-state index contributed by atoms with van der Waals surface area (Å²) in [6.45, 7) is 0. The monoisotopic (exact) mass is 1410 g/mol. The minimum Gasteiger partial charge on any atom is -0.480 e. The van der Waals surface area contributed by atoms with Gasteiger partial charge in [0.1, 0.15) is 74.4 Å². The Bertz CT molecular complexity index is 4910. The number of nitrogens with one attached hydrogen (secondary N) is 3. The van der Waals surface area contributed by atoms with Crippen molar-refractivity contribution in [2.45, 2.75) is 38.5 Å². The molecule has 0 saturated heterocycles. The number of amides is 3. The van der Waals surface area contributed by atoms with Crippen LogP contribution in [0.15, 0.2) is 195 Å². The predicted octanol–water partition coefficient (Wildman–Crippen LogP) is 12.5. The topological polar surface area (TPSA) is 371 Å². The number of anilines is 5. The molecule has 0 spiro atoms. The van der Waals surface area contributed by atoms with E-state index in [4.69, 9.17) is 41.0 Å². The number of nitrogens with zero attached hydrogens (tertiary/aromatic N) is 9. The van der Waals surface area contributed by atoms with Crippen LogP contribution in [0.25, 0.3) is 33.8 Å². The Morgan fingerprint density at radius 3 is 1.05 bits per heavy atom. The number of pyridine rings is 3. The van der Waals surface area contributed by atoms with E-state index in [1.807, 2.05) is 25.6 Å². The molecule has 3 aliphatic carbocycles. The average molecular weight is 1410 g/mol. The van der Waals surface area contributed by atoms with E-state index in [1.165, 1.54) is 84.9 Å². The molecule has 3 aliphatic rings. The largest absolute Gasteiger partial charge is 0.480 e. The lowest BCUT2D eigenvalue weighted by atomic mass is 10.0. The Morgan fingerprint density at radius 2 is 0.738 bits per heavy atom. The molecular weight excluding hydrogens is 1350 g/mol. The van der Waals surface area contributed by atoms with Crippen molar-refractivity contribution < 1.29 is 80.2 Å². The van der Waals surface area contributed by atoms with Gasteiger partial charge in [-0.3, -0.25) is 57.8 Å². The number of carbonyl (C=O) groups is 6. The third-order valence-electron chi connectivity index (χ3n) is 16.0. The number of hydrogen-bond donors (Lipinski definition) is 8. The van der Waals surface area contributed by atoms with Crippen molar-refractivity contribution >= 4 is 64.1 Å². The summed E-state index contributed by atoms with van der Waals surface area (Å²) in [5, 5.41) is 45.5. The second-order valence-electron chi connectivity index (χ2n) is 23.7. The predicted molar refractivity (Wildman–Crippen MR) is 364 cm³/mol. The van der Waals surface area contributed by atoms with E-state index in [0.29, 0.717) is 58.6 Å². The van der Waals surface area contributed by atoms with Gasteiger partial charge in [-0.25, -0.2) is 22.0 Å². The molecule has 26 nitrogen and oxygen atoms in total. The fourth-order valence-electron chi connectivity index (χ4n) is 9.58. The molecule has 6 heterocycles. The molecule has 14 rings (SSSR count). The van der Waals surface area contributed by atoms with E-state index < -0.39 is 75.1 Å². The first-order valence-electron chi connectivity index (χ1n) is 31.1. The second kappa shape index (κ2) is 31.2. The SMILES string of the molecule is Cn1cc(-c2cc(Oc3ccc(N)c(F)c3)ccn2)cn1.Cn1cc(-c2cc(Oc3ccc(NC(=O)C4(C(=O)Nc5ccc(F)cc5)CC4)c(F)c3)ccn2)cn1.Cn1cc(-c2cc(Oc3ccc(NC(=O)C4(C(=O)O)CC4)c(F)c3)ccn2)cn1.Nc1ccc(F)cc1.O=C(O)C1(C(=O)O)CC1. The van der Waals surface area contributed by atoms with E-state index in [1.54, 1.807) is 108 Å². The number of halogens is 5. The molecule has 103 heavy (non-hydrogen) atoms. The summed E-state index contributed by atoms with van der Waals surface area (Å²) in [7, 11) is 5.44. The molecule has 0 aliphatic heterocycles. The van der Waals surface area contributed by atoms with E-state index in [2.05, 4.69) is 46.2 Å². The second-order valence-corrected chi connectivity index (χ2v) is 23.7. The first kappa shape index (κ1) is 72.4. The van der Waals surface area contributed by atoms with Gasteiger partial charge in [0.15, 0.2) is 5.41 Å². The Balaban J connectivity index is 0.000000152. The molecule has 3 fully saturated rings. The van der Waals surface area contributed by atoms with Gasteiger partial charge in [0.25, 0.3) is 0 Å². The molecule has 3 amide bonds. The van der Waals surface area contributed by atoms with Gasteiger partial charge < -0.3 is 56.9 Å².